The highest BCUT2D eigenvalue weighted by atomic mass is 16.5. The van der Waals surface area contributed by atoms with Crippen LogP contribution in [0.5, 0.6) is 5.75 Å². The first kappa shape index (κ1) is 26.3. The molecule has 1 aliphatic heterocycles. The van der Waals surface area contributed by atoms with Crippen molar-refractivity contribution in [2.24, 2.45) is 4.99 Å². The lowest BCUT2D eigenvalue weighted by Crippen LogP contribution is -2.34. The van der Waals surface area contributed by atoms with Crippen molar-refractivity contribution in [2.75, 3.05) is 12.4 Å². The molecule has 0 radical (unpaired) electrons. The number of carbonyl (C=O) groups is 1. The lowest BCUT2D eigenvalue weighted by Gasteiger charge is -2.13. The van der Waals surface area contributed by atoms with E-state index in [4.69, 9.17) is 19.6 Å². The van der Waals surface area contributed by atoms with E-state index >= 15 is 0 Å². The molecule has 194 valence electrons. The summed E-state index contributed by atoms with van der Waals surface area (Å²) in [5.41, 5.74) is 6.15. The van der Waals surface area contributed by atoms with Crippen LogP contribution in [0.15, 0.2) is 96.3 Å². The maximum atomic E-state index is 8.89. The number of hydrogen-bond donors (Lipinski definition) is 1. The van der Waals surface area contributed by atoms with Crippen LogP contribution in [0.25, 0.3) is 5.70 Å². The van der Waals surface area contributed by atoms with Gasteiger partial charge in [-0.25, -0.2) is 9.67 Å². The predicted octanol–water partition coefficient (Wildman–Crippen LogP) is 4.15. The van der Waals surface area contributed by atoms with E-state index in [-0.39, 0.29) is 6.04 Å². The summed E-state index contributed by atoms with van der Waals surface area (Å²) in [4.78, 5) is 14.0. The van der Waals surface area contributed by atoms with Crippen molar-refractivity contribution >= 4 is 28.9 Å². The molecular formula is C30H31N5O3. The third-order valence-electron chi connectivity index (χ3n) is 5.85. The fourth-order valence-electron chi connectivity index (χ4n) is 4.12. The largest absolute Gasteiger partial charge is 0.550 e. The number of carboxylic acids is 1. The van der Waals surface area contributed by atoms with Crippen molar-refractivity contribution in [3.8, 4) is 5.75 Å². The van der Waals surface area contributed by atoms with Gasteiger partial charge in [-0.05, 0) is 56.7 Å². The smallest absolute Gasteiger partial charge is 0.237 e. The van der Waals surface area contributed by atoms with Gasteiger partial charge in [-0.15, -0.1) is 0 Å². The summed E-state index contributed by atoms with van der Waals surface area (Å²) in [6, 6.07) is 24.8. The number of benzene rings is 2. The zero-order valence-corrected chi connectivity index (χ0v) is 22.0. The van der Waals surface area contributed by atoms with Crippen LogP contribution >= 0.6 is 0 Å². The Morgan fingerprint density at radius 3 is 2.42 bits per heavy atom. The van der Waals surface area contributed by atoms with Crippen LogP contribution in [-0.4, -0.2) is 28.6 Å². The van der Waals surface area contributed by atoms with E-state index in [1.165, 1.54) is 5.56 Å². The van der Waals surface area contributed by atoms with Gasteiger partial charge < -0.3 is 20.0 Å². The van der Waals surface area contributed by atoms with Gasteiger partial charge in [-0.3, -0.25) is 0 Å². The highest BCUT2D eigenvalue weighted by Crippen LogP contribution is 2.30. The number of nitrogens with one attached hydrogen (secondary N) is 1. The predicted molar refractivity (Wildman–Crippen MR) is 146 cm³/mol. The monoisotopic (exact) mass is 509 g/mol. The average Bonchev–Trinajstić information content (AvgIpc) is 3.49. The maximum absolute atomic E-state index is 8.89. The number of nitrogens with zero attached hydrogens (tertiary/aromatic N) is 4. The summed E-state index contributed by atoms with van der Waals surface area (Å²) in [7, 11) is 1.68. The zero-order chi connectivity index (χ0) is 27.1. The molecule has 5 rings (SSSR count). The van der Waals surface area contributed by atoms with Gasteiger partial charge in [0.1, 0.15) is 17.1 Å². The van der Waals surface area contributed by atoms with Crippen molar-refractivity contribution in [2.45, 2.75) is 33.4 Å². The Balaban J connectivity index is 0.000000786. The van der Waals surface area contributed by atoms with Gasteiger partial charge >= 0.3 is 0 Å². The second kappa shape index (κ2) is 12.0. The minimum Gasteiger partial charge on any atom is -0.550 e. The topological polar surface area (TPSA) is 95.4 Å². The summed E-state index contributed by atoms with van der Waals surface area (Å²) in [5.74, 6) is 0.671. The van der Waals surface area contributed by atoms with Crippen LogP contribution in [0.2, 0.25) is 0 Å². The second-order valence-corrected chi connectivity index (χ2v) is 8.96. The van der Waals surface area contributed by atoms with Crippen molar-refractivity contribution < 1.29 is 19.2 Å². The fraction of sp³-hybridized carbons (Fsp3) is 0.200. The number of carboxylic acid groups (broad SMARTS) is 1. The third kappa shape index (κ3) is 6.15. The zero-order valence-electron chi connectivity index (χ0n) is 22.0. The van der Waals surface area contributed by atoms with Gasteiger partial charge in [-0.1, -0.05) is 30.3 Å². The number of hydrogen-bond acceptors (Lipinski definition) is 6. The summed E-state index contributed by atoms with van der Waals surface area (Å²) >= 11 is 0. The number of allylic oxidation sites excluding steroid dienone is 1. The first-order valence-corrected chi connectivity index (χ1v) is 12.4. The molecular weight excluding hydrogens is 478 g/mol. The van der Waals surface area contributed by atoms with Gasteiger partial charge in [0.2, 0.25) is 11.4 Å². The average molecular weight is 510 g/mol. The van der Waals surface area contributed by atoms with Crippen LogP contribution in [0.4, 0.5) is 11.5 Å². The van der Waals surface area contributed by atoms with Gasteiger partial charge in [0.25, 0.3) is 0 Å². The number of fused-ring (bicyclic) bond motifs is 1. The fourth-order valence-corrected chi connectivity index (χ4v) is 4.12. The van der Waals surface area contributed by atoms with Crippen molar-refractivity contribution in [1.82, 2.24) is 9.78 Å². The SMILES string of the molecule is CC(=O)[O-].COc1ccc(C2=C/C(=N\c3cnn(C(C)C)c3NCc3ccccc3)c3cccc[n+]32)cc1. The molecule has 3 heterocycles. The van der Waals surface area contributed by atoms with Gasteiger partial charge in [0, 0.05) is 42.3 Å². The first-order chi connectivity index (χ1) is 18.4. The number of carbonyl (C=O) groups excluding carboxylic acids is 1. The van der Waals surface area contributed by atoms with Gasteiger partial charge in [0.05, 0.1) is 13.3 Å². The van der Waals surface area contributed by atoms with Gasteiger partial charge in [0.15, 0.2) is 12.0 Å². The van der Waals surface area contributed by atoms with Crippen molar-refractivity contribution in [3.63, 3.8) is 0 Å². The molecule has 38 heavy (non-hydrogen) atoms. The Hall–Kier alpha value is -4.72. The summed E-state index contributed by atoms with van der Waals surface area (Å²) in [6.07, 6.45) is 6.04. The lowest BCUT2D eigenvalue weighted by atomic mass is 10.1. The maximum Gasteiger partial charge on any atom is 0.237 e. The molecule has 0 bridgehead atoms. The Morgan fingerprint density at radius 2 is 1.76 bits per heavy atom. The second-order valence-electron chi connectivity index (χ2n) is 8.96. The van der Waals surface area contributed by atoms with E-state index in [1.54, 1.807) is 7.11 Å². The highest BCUT2D eigenvalue weighted by Gasteiger charge is 2.30. The Morgan fingerprint density at radius 1 is 1.08 bits per heavy atom. The molecule has 1 aliphatic rings. The van der Waals surface area contributed by atoms with Crippen molar-refractivity contribution in [1.29, 1.82) is 0 Å². The number of ether oxygens (including phenoxy) is 1. The molecule has 0 saturated heterocycles. The van der Waals surface area contributed by atoms with Crippen LogP contribution in [0.3, 0.4) is 0 Å². The van der Waals surface area contributed by atoms with E-state index < -0.39 is 5.97 Å². The summed E-state index contributed by atoms with van der Waals surface area (Å²) in [5, 5.41) is 17.1. The molecule has 0 spiro atoms. The highest BCUT2D eigenvalue weighted by molar-refractivity contribution is 6.13. The van der Waals surface area contributed by atoms with Crippen LogP contribution in [-0.2, 0) is 11.3 Å². The van der Waals surface area contributed by atoms with E-state index in [1.807, 2.05) is 41.2 Å². The Kier molecular flexibility index (Phi) is 8.33. The first-order valence-electron chi connectivity index (χ1n) is 12.4. The standard InChI is InChI=1S/C28H27N5O.C2H4O2/c1-20(2)33-28(29-18-21-9-5-4-6-10-21)25(19-30-33)31-24-17-27(32-16-8-7-11-26(24)32)22-12-14-23(34-3)15-13-22;1-2(3)4/h4-17,19-20H,18H2,1-3H3;1H3,(H,3,4). The number of aliphatic imine (C=N–C) groups is 1. The molecule has 2 aromatic carbocycles. The van der Waals surface area contributed by atoms with E-state index in [0.717, 1.165) is 46.8 Å². The number of pyridine rings is 1. The minimum absolute atomic E-state index is 0.211. The molecule has 0 unspecified atom stereocenters. The van der Waals surface area contributed by atoms with Gasteiger partial charge in [-0.2, -0.15) is 9.67 Å². The molecule has 0 fully saturated rings. The van der Waals surface area contributed by atoms with E-state index in [9.17, 15) is 0 Å². The molecule has 1 N–H and O–H groups in total. The van der Waals surface area contributed by atoms with E-state index in [0.29, 0.717) is 6.54 Å². The van der Waals surface area contributed by atoms with Crippen LogP contribution in [0.1, 0.15) is 43.6 Å². The quantitative estimate of drug-likeness (QED) is 0.378. The molecule has 4 aromatic rings. The molecule has 0 saturated carbocycles. The molecule has 0 atom stereocenters. The minimum atomic E-state index is -1.08. The molecule has 0 amide bonds. The van der Waals surface area contributed by atoms with Crippen LogP contribution < -0.4 is 19.7 Å². The summed E-state index contributed by atoms with van der Waals surface area (Å²) < 4.78 is 9.49. The molecule has 2 aromatic heterocycles. The summed E-state index contributed by atoms with van der Waals surface area (Å²) in [6.45, 7) is 5.93. The number of aromatic nitrogens is 3. The van der Waals surface area contributed by atoms with Crippen LogP contribution in [0, 0.1) is 0 Å². The Bertz CT molecular complexity index is 1450. The normalized spacial score (nSPS) is 13.0. The van der Waals surface area contributed by atoms with Crippen molar-refractivity contribution in [3.05, 3.63) is 108 Å². The molecule has 8 heteroatoms. The number of methoxy groups -OCH3 is 1. The number of anilines is 1. The molecule has 8 nitrogen and oxygen atoms in total. The lowest BCUT2D eigenvalue weighted by molar-refractivity contribution is -0.577. The third-order valence-corrected chi connectivity index (χ3v) is 5.85. The molecule has 0 aliphatic carbocycles. The number of aliphatic carboxylic acids is 1. The number of rotatable bonds is 7. The van der Waals surface area contributed by atoms with E-state index in [2.05, 4.69) is 83.6 Å². The Labute approximate surface area is 222 Å².